The number of H-pyrrole nitrogens is 2. The lowest BCUT2D eigenvalue weighted by Crippen LogP contribution is -2.02. The third kappa shape index (κ3) is 3.63. The van der Waals surface area contributed by atoms with Crippen LogP contribution < -0.4 is 4.74 Å². The average Bonchev–Trinajstić information content (AvgIpc) is 3.56. The van der Waals surface area contributed by atoms with Crippen molar-refractivity contribution < 1.29 is 14.6 Å². The number of hydrogen-bond donors (Lipinski definition) is 3. The van der Waals surface area contributed by atoms with Gasteiger partial charge in [-0.25, -0.2) is 9.97 Å². The first-order chi connectivity index (χ1) is 16.6. The predicted octanol–water partition coefficient (Wildman–Crippen LogP) is 5.74. The average molecular weight is 473 g/mol. The number of benzene rings is 2. The summed E-state index contributed by atoms with van der Waals surface area (Å²) in [6, 6.07) is 14.4. The summed E-state index contributed by atoms with van der Waals surface area (Å²) in [6.07, 6.45) is 5.40. The molecular formula is C26H21ClN4O3. The maximum Gasteiger partial charge on any atom is 0.196 e. The number of pyridine rings is 1. The Bertz CT molecular complexity index is 1530. The van der Waals surface area contributed by atoms with Gasteiger partial charge in [-0.1, -0.05) is 29.8 Å². The molecule has 8 heteroatoms. The Morgan fingerprint density at radius 2 is 1.94 bits per heavy atom. The summed E-state index contributed by atoms with van der Waals surface area (Å²) in [4.78, 5) is 29.2. The van der Waals surface area contributed by atoms with Crippen LogP contribution in [-0.4, -0.2) is 36.9 Å². The quantitative estimate of drug-likeness (QED) is 0.283. The van der Waals surface area contributed by atoms with Gasteiger partial charge >= 0.3 is 0 Å². The highest BCUT2D eigenvalue weighted by Crippen LogP contribution is 2.36. The minimum absolute atomic E-state index is 0.169. The van der Waals surface area contributed by atoms with Gasteiger partial charge in [0.1, 0.15) is 28.5 Å². The number of carbonyl (C=O) groups is 1. The molecule has 0 spiro atoms. The number of rotatable bonds is 5. The zero-order valence-electron chi connectivity index (χ0n) is 18.1. The van der Waals surface area contributed by atoms with Crippen LogP contribution in [0.5, 0.6) is 11.5 Å². The smallest absolute Gasteiger partial charge is 0.196 e. The highest BCUT2D eigenvalue weighted by molar-refractivity contribution is 6.36. The number of nitrogens with zero attached hydrogens (tertiary/aromatic N) is 2. The molecular weight excluding hydrogens is 452 g/mol. The second-order valence-corrected chi connectivity index (χ2v) is 9.03. The topological polar surface area (TPSA) is 104 Å². The number of para-hydroxylation sites is 1. The molecule has 1 fully saturated rings. The minimum Gasteiger partial charge on any atom is -0.457 e. The van der Waals surface area contributed by atoms with Crippen LogP contribution in [0, 0.1) is 0 Å². The first kappa shape index (κ1) is 20.9. The Morgan fingerprint density at radius 1 is 1.09 bits per heavy atom. The maximum atomic E-state index is 13.5. The van der Waals surface area contributed by atoms with E-state index in [2.05, 4.69) is 15.0 Å². The number of aliphatic hydroxyl groups excluding tert-OH is 1. The van der Waals surface area contributed by atoms with Gasteiger partial charge in [0.05, 0.1) is 33.8 Å². The van der Waals surface area contributed by atoms with E-state index in [0.29, 0.717) is 50.6 Å². The van der Waals surface area contributed by atoms with E-state index in [1.165, 1.54) is 0 Å². The SMILES string of the molecule is O=C(c1ccc(Oc2ccccc2)cc1Cl)c1c[nH]c2ncc3[nH]c([C@H]4CC[C@@H](O)C4)nc3c12. The fourth-order valence-corrected chi connectivity index (χ4v) is 4.92. The molecule has 0 unspecified atom stereocenters. The van der Waals surface area contributed by atoms with Crippen LogP contribution in [0.25, 0.3) is 22.1 Å². The highest BCUT2D eigenvalue weighted by atomic mass is 35.5. The van der Waals surface area contributed by atoms with E-state index in [4.69, 9.17) is 21.3 Å². The maximum absolute atomic E-state index is 13.5. The summed E-state index contributed by atoms with van der Waals surface area (Å²) in [5, 5.41) is 10.9. The van der Waals surface area contributed by atoms with Crippen molar-refractivity contribution in [2.24, 2.45) is 0 Å². The molecule has 170 valence electrons. The molecule has 0 radical (unpaired) electrons. The van der Waals surface area contributed by atoms with Gasteiger partial charge in [-0.05, 0) is 43.5 Å². The number of aromatic nitrogens is 4. The molecule has 6 rings (SSSR count). The fraction of sp³-hybridized carbons (Fsp3) is 0.192. The van der Waals surface area contributed by atoms with Gasteiger partial charge < -0.3 is 19.8 Å². The Balaban J connectivity index is 1.37. The lowest BCUT2D eigenvalue weighted by Gasteiger charge is -2.08. The molecule has 0 amide bonds. The third-order valence-corrected chi connectivity index (χ3v) is 6.68. The minimum atomic E-state index is -0.295. The summed E-state index contributed by atoms with van der Waals surface area (Å²) >= 11 is 6.51. The Labute approximate surface area is 199 Å². The Morgan fingerprint density at radius 3 is 2.71 bits per heavy atom. The van der Waals surface area contributed by atoms with Crippen LogP contribution in [0.3, 0.4) is 0 Å². The van der Waals surface area contributed by atoms with Crippen LogP contribution in [-0.2, 0) is 0 Å². The lowest BCUT2D eigenvalue weighted by molar-refractivity contribution is 0.104. The van der Waals surface area contributed by atoms with E-state index >= 15 is 0 Å². The number of aliphatic hydroxyl groups is 1. The molecule has 7 nitrogen and oxygen atoms in total. The van der Waals surface area contributed by atoms with Crippen molar-refractivity contribution in [1.82, 2.24) is 19.9 Å². The molecule has 1 aliphatic rings. The molecule has 3 N–H and O–H groups in total. The second kappa shape index (κ2) is 8.27. The van der Waals surface area contributed by atoms with E-state index in [9.17, 15) is 9.90 Å². The van der Waals surface area contributed by atoms with Crippen LogP contribution in [0.2, 0.25) is 5.02 Å². The van der Waals surface area contributed by atoms with Crippen molar-refractivity contribution in [3.05, 3.63) is 82.9 Å². The number of hydrogen-bond acceptors (Lipinski definition) is 5. The molecule has 1 saturated carbocycles. The molecule has 34 heavy (non-hydrogen) atoms. The number of ether oxygens (including phenoxy) is 1. The number of carbonyl (C=O) groups excluding carboxylic acids is 1. The van der Waals surface area contributed by atoms with Gasteiger partial charge in [0.15, 0.2) is 5.78 Å². The number of fused-ring (bicyclic) bond motifs is 3. The zero-order chi connectivity index (χ0) is 23.2. The zero-order valence-corrected chi connectivity index (χ0v) is 18.8. The first-order valence-corrected chi connectivity index (χ1v) is 11.6. The fourth-order valence-electron chi connectivity index (χ4n) is 4.66. The summed E-state index contributed by atoms with van der Waals surface area (Å²) in [7, 11) is 0. The highest BCUT2D eigenvalue weighted by Gasteiger charge is 2.28. The van der Waals surface area contributed by atoms with Gasteiger partial charge in [0, 0.05) is 23.7 Å². The molecule has 0 bridgehead atoms. The van der Waals surface area contributed by atoms with Gasteiger partial charge in [-0.3, -0.25) is 4.79 Å². The number of ketones is 1. The van der Waals surface area contributed by atoms with E-state index in [1.807, 2.05) is 30.3 Å². The van der Waals surface area contributed by atoms with Crippen molar-refractivity contribution in [2.75, 3.05) is 0 Å². The van der Waals surface area contributed by atoms with E-state index in [0.717, 1.165) is 24.2 Å². The van der Waals surface area contributed by atoms with Crippen molar-refractivity contribution in [2.45, 2.75) is 31.3 Å². The summed E-state index contributed by atoms with van der Waals surface area (Å²) < 4.78 is 5.83. The Hall–Kier alpha value is -3.68. The molecule has 3 heterocycles. The third-order valence-electron chi connectivity index (χ3n) is 6.37. The largest absolute Gasteiger partial charge is 0.457 e. The normalized spacial score (nSPS) is 18.1. The molecule has 3 aromatic heterocycles. The molecule has 0 saturated heterocycles. The molecule has 2 atom stereocenters. The predicted molar refractivity (Wildman–Crippen MR) is 130 cm³/mol. The summed E-state index contributed by atoms with van der Waals surface area (Å²) in [5.41, 5.74) is 2.85. The van der Waals surface area contributed by atoms with Gasteiger partial charge in [0.2, 0.25) is 0 Å². The number of imidazole rings is 1. The van der Waals surface area contributed by atoms with E-state index in [-0.39, 0.29) is 17.8 Å². The molecule has 2 aromatic carbocycles. The van der Waals surface area contributed by atoms with Crippen LogP contribution in [0.4, 0.5) is 0 Å². The monoisotopic (exact) mass is 472 g/mol. The van der Waals surface area contributed by atoms with Gasteiger partial charge in [-0.2, -0.15) is 0 Å². The van der Waals surface area contributed by atoms with Crippen molar-refractivity contribution in [3.8, 4) is 11.5 Å². The lowest BCUT2D eigenvalue weighted by atomic mass is 10.0. The van der Waals surface area contributed by atoms with E-state index in [1.54, 1.807) is 30.6 Å². The van der Waals surface area contributed by atoms with Crippen LogP contribution in [0.1, 0.15) is 46.9 Å². The standard InChI is InChI=1S/C26H21ClN4O3/c27-20-11-17(34-16-4-2-1-3-5-16)8-9-18(20)24(33)19-12-28-26-22(19)23-21(13-29-26)30-25(31-23)14-6-7-15(32)10-14/h1-5,8-9,11-15,32H,6-7,10H2,(H,28,29)(H,30,31)/t14-,15+/m0/s1. The van der Waals surface area contributed by atoms with Crippen molar-refractivity contribution >= 4 is 39.5 Å². The molecule has 5 aromatic rings. The number of aromatic amines is 2. The number of halogens is 1. The number of nitrogens with one attached hydrogen (secondary N) is 2. The summed E-state index contributed by atoms with van der Waals surface area (Å²) in [5.74, 6) is 2.00. The van der Waals surface area contributed by atoms with Gasteiger partial charge in [0.25, 0.3) is 0 Å². The van der Waals surface area contributed by atoms with Crippen molar-refractivity contribution in [3.63, 3.8) is 0 Å². The van der Waals surface area contributed by atoms with Gasteiger partial charge in [-0.15, -0.1) is 0 Å². The first-order valence-electron chi connectivity index (χ1n) is 11.2. The van der Waals surface area contributed by atoms with Crippen LogP contribution >= 0.6 is 11.6 Å². The molecule has 0 aliphatic heterocycles. The van der Waals surface area contributed by atoms with E-state index < -0.39 is 0 Å². The molecule has 1 aliphatic carbocycles. The second-order valence-electron chi connectivity index (χ2n) is 8.62. The van der Waals surface area contributed by atoms with Crippen LogP contribution in [0.15, 0.2) is 60.9 Å². The summed E-state index contributed by atoms with van der Waals surface area (Å²) in [6.45, 7) is 0. The Kier molecular flexibility index (Phi) is 5.08. The van der Waals surface area contributed by atoms with Crippen molar-refractivity contribution in [1.29, 1.82) is 0 Å².